The molecule has 0 aliphatic heterocycles. The van der Waals surface area contributed by atoms with Crippen molar-refractivity contribution in [3.63, 3.8) is 0 Å². The van der Waals surface area contributed by atoms with Crippen LogP contribution in [0.4, 0.5) is 5.82 Å². The van der Waals surface area contributed by atoms with Gasteiger partial charge in [0.2, 0.25) is 11.5 Å². The second-order valence-electron chi connectivity index (χ2n) is 3.83. The van der Waals surface area contributed by atoms with Crippen LogP contribution in [0.5, 0.6) is 11.8 Å². The van der Waals surface area contributed by atoms with Crippen LogP contribution < -0.4 is 10.1 Å². The Labute approximate surface area is 103 Å². The summed E-state index contributed by atoms with van der Waals surface area (Å²) in [7, 11) is 1.80. The highest BCUT2D eigenvalue weighted by molar-refractivity contribution is 5.54. The predicted molar refractivity (Wildman–Crippen MR) is 65.9 cm³/mol. The minimum atomic E-state index is 0.415. The maximum absolute atomic E-state index is 5.64. The number of aromatic nitrogens is 5. The maximum atomic E-state index is 5.64. The van der Waals surface area contributed by atoms with Gasteiger partial charge in [0.1, 0.15) is 5.82 Å². The summed E-state index contributed by atoms with van der Waals surface area (Å²) in [6, 6.07) is 1.80. The Morgan fingerprint density at radius 2 is 2.33 bits per heavy atom. The van der Waals surface area contributed by atoms with Crippen LogP contribution in [0.25, 0.3) is 5.65 Å². The van der Waals surface area contributed by atoms with E-state index in [1.165, 1.54) is 0 Å². The number of nitrogens with zero attached hydrogens (tertiary/aromatic N) is 4. The van der Waals surface area contributed by atoms with E-state index in [2.05, 4.69) is 25.5 Å². The second kappa shape index (κ2) is 4.02. The van der Waals surface area contributed by atoms with Crippen LogP contribution in [0, 0.1) is 6.92 Å². The van der Waals surface area contributed by atoms with Crippen molar-refractivity contribution in [2.24, 2.45) is 0 Å². The molecule has 0 aromatic carbocycles. The Bertz CT molecular complexity index is 686. The molecule has 0 bridgehead atoms. The normalized spacial score (nSPS) is 10.8. The molecule has 0 fully saturated rings. The predicted octanol–water partition coefficient (Wildman–Crippen LogP) is 1.59. The molecular weight excluding hydrogens is 232 g/mol. The summed E-state index contributed by atoms with van der Waals surface area (Å²) in [6.45, 7) is 1.91. The molecule has 18 heavy (non-hydrogen) atoms. The molecule has 0 spiro atoms. The third-order valence-electron chi connectivity index (χ3n) is 2.48. The Kier molecular flexibility index (Phi) is 2.36. The number of aryl methyl sites for hydroxylation is 1. The summed E-state index contributed by atoms with van der Waals surface area (Å²) in [6.07, 6.45) is 5.37. The highest BCUT2D eigenvalue weighted by Gasteiger charge is 2.10. The number of rotatable bonds is 3. The molecule has 3 aromatic heterocycles. The van der Waals surface area contributed by atoms with E-state index in [9.17, 15) is 0 Å². The Morgan fingerprint density at radius 1 is 1.44 bits per heavy atom. The standard InChI is InChI=1S/C11H12N6O/c1-7-5-9(16-15-7)18-11-10-13-3-4-17(10)6-8(12-2)14-11/h3-6,12H,1-2H3,(H,15,16). The average molecular weight is 244 g/mol. The number of aromatic amines is 1. The number of fused-ring (bicyclic) bond motifs is 1. The van der Waals surface area contributed by atoms with Gasteiger partial charge in [0.05, 0.1) is 6.20 Å². The van der Waals surface area contributed by atoms with Crippen LogP contribution in [0.1, 0.15) is 5.69 Å². The van der Waals surface area contributed by atoms with Crippen molar-refractivity contribution < 1.29 is 4.74 Å². The first kappa shape index (κ1) is 10.6. The number of imidazole rings is 1. The molecule has 7 heteroatoms. The van der Waals surface area contributed by atoms with Crippen molar-refractivity contribution in [3.05, 3.63) is 30.4 Å². The SMILES string of the molecule is CNc1cn2ccnc2c(Oc2cc(C)[nH]n2)n1. The van der Waals surface area contributed by atoms with Crippen LogP contribution in [0.3, 0.4) is 0 Å². The van der Waals surface area contributed by atoms with Gasteiger partial charge in [-0.05, 0) is 6.92 Å². The van der Waals surface area contributed by atoms with Gasteiger partial charge in [-0.1, -0.05) is 0 Å². The monoisotopic (exact) mass is 244 g/mol. The molecule has 92 valence electrons. The van der Waals surface area contributed by atoms with Crippen molar-refractivity contribution >= 4 is 11.5 Å². The van der Waals surface area contributed by atoms with E-state index in [-0.39, 0.29) is 0 Å². The largest absolute Gasteiger partial charge is 0.415 e. The van der Waals surface area contributed by atoms with Gasteiger partial charge in [-0.15, -0.1) is 5.10 Å². The number of hydrogen-bond donors (Lipinski definition) is 2. The minimum Gasteiger partial charge on any atom is -0.415 e. The molecule has 3 heterocycles. The zero-order valence-corrected chi connectivity index (χ0v) is 10.0. The maximum Gasteiger partial charge on any atom is 0.267 e. The molecule has 0 saturated heterocycles. The van der Waals surface area contributed by atoms with E-state index in [4.69, 9.17) is 4.74 Å². The molecule has 0 saturated carbocycles. The molecule has 0 aliphatic rings. The lowest BCUT2D eigenvalue weighted by Crippen LogP contribution is -1.99. The fourth-order valence-electron chi connectivity index (χ4n) is 1.64. The lowest BCUT2D eigenvalue weighted by atomic mass is 10.5. The highest BCUT2D eigenvalue weighted by atomic mass is 16.5. The summed E-state index contributed by atoms with van der Waals surface area (Å²) in [5.41, 5.74) is 1.57. The number of anilines is 1. The van der Waals surface area contributed by atoms with E-state index >= 15 is 0 Å². The van der Waals surface area contributed by atoms with Crippen LogP contribution >= 0.6 is 0 Å². The first-order chi connectivity index (χ1) is 8.76. The van der Waals surface area contributed by atoms with Crippen molar-refractivity contribution in [2.45, 2.75) is 6.92 Å². The average Bonchev–Trinajstić information content (AvgIpc) is 2.98. The summed E-state index contributed by atoms with van der Waals surface area (Å²) in [5.74, 6) is 1.58. The number of H-pyrrole nitrogens is 1. The first-order valence-corrected chi connectivity index (χ1v) is 5.47. The molecule has 2 N–H and O–H groups in total. The molecule has 0 aliphatic carbocycles. The number of nitrogens with one attached hydrogen (secondary N) is 2. The third kappa shape index (κ3) is 1.75. The van der Waals surface area contributed by atoms with Crippen molar-refractivity contribution in [1.82, 2.24) is 24.6 Å². The highest BCUT2D eigenvalue weighted by Crippen LogP contribution is 2.23. The fraction of sp³-hybridized carbons (Fsp3) is 0.182. The fourth-order valence-corrected chi connectivity index (χ4v) is 1.64. The van der Waals surface area contributed by atoms with Gasteiger partial charge >= 0.3 is 0 Å². The lowest BCUT2D eigenvalue weighted by molar-refractivity contribution is 0.446. The van der Waals surface area contributed by atoms with Crippen LogP contribution in [-0.4, -0.2) is 31.6 Å². The molecule has 3 rings (SSSR count). The lowest BCUT2D eigenvalue weighted by Gasteiger charge is -2.06. The Balaban J connectivity index is 2.06. The van der Waals surface area contributed by atoms with Gasteiger partial charge in [0.25, 0.3) is 5.88 Å². The van der Waals surface area contributed by atoms with Crippen LogP contribution in [-0.2, 0) is 0 Å². The van der Waals surface area contributed by atoms with Crippen LogP contribution in [0.2, 0.25) is 0 Å². The topological polar surface area (TPSA) is 80.1 Å². The summed E-state index contributed by atoms with van der Waals surface area (Å²) >= 11 is 0. The first-order valence-electron chi connectivity index (χ1n) is 5.47. The molecule has 0 amide bonds. The van der Waals surface area contributed by atoms with Crippen molar-refractivity contribution in [2.75, 3.05) is 12.4 Å². The van der Waals surface area contributed by atoms with Crippen molar-refractivity contribution in [3.8, 4) is 11.8 Å². The van der Waals surface area contributed by atoms with Gasteiger partial charge in [-0.3, -0.25) is 9.50 Å². The molecule has 0 radical (unpaired) electrons. The van der Waals surface area contributed by atoms with E-state index in [1.807, 2.05) is 23.7 Å². The van der Waals surface area contributed by atoms with E-state index in [1.54, 1.807) is 19.3 Å². The molecular formula is C11H12N6O. The van der Waals surface area contributed by atoms with E-state index < -0.39 is 0 Å². The molecule has 0 unspecified atom stereocenters. The summed E-state index contributed by atoms with van der Waals surface area (Å²) < 4.78 is 7.48. The summed E-state index contributed by atoms with van der Waals surface area (Å²) in [4.78, 5) is 8.53. The minimum absolute atomic E-state index is 0.415. The molecule has 3 aromatic rings. The number of hydrogen-bond acceptors (Lipinski definition) is 5. The van der Waals surface area contributed by atoms with Gasteiger partial charge in [0, 0.05) is 31.2 Å². The molecule has 7 nitrogen and oxygen atoms in total. The van der Waals surface area contributed by atoms with Crippen LogP contribution in [0.15, 0.2) is 24.7 Å². The van der Waals surface area contributed by atoms with Gasteiger partial charge in [-0.25, -0.2) is 4.98 Å². The zero-order chi connectivity index (χ0) is 12.5. The zero-order valence-electron chi connectivity index (χ0n) is 10.0. The van der Waals surface area contributed by atoms with Gasteiger partial charge in [-0.2, -0.15) is 4.98 Å². The van der Waals surface area contributed by atoms with Gasteiger partial charge < -0.3 is 10.1 Å². The smallest absolute Gasteiger partial charge is 0.267 e. The van der Waals surface area contributed by atoms with E-state index in [0.717, 1.165) is 5.69 Å². The third-order valence-corrected chi connectivity index (χ3v) is 2.48. The Hall–Kier alpha value is -2.57. The Morgan fingerprint density at radius 3 is 3.06 bits per heavy atom. The second-order valence-corrected chi connectivity index (χ2v) is 3.83. The van der Waals surface area contributed by atoms with Crippen molar-refractivity contribution in [1.29, 1.82) is 0 Å². The van der Waals surface area contributed by atoms with E-state index in [0.29, 0.717) is 23.2 Å². The van der Waals surface area contributed by atoms with Gasteiger partial charge in [0.15, 0.2) is 0 Å². The summed E-state index contributed by atoms with van der Waals surface area (Å²) in [5, 5.41) is 9.80. The number of ether oxygens (including phenoxy) is 1. The molecule has 0 atom stereocenters. The quantitative estimate of drug-likeness (QED) is 0.731.